The van der Waals surface area contributed by atoms with E-state index in [0.717, 1.165) is 4.68 Å². The predicted molar refractivity (Wildman–Crippen MR) is 65.0 cm³/mol. The Hall–Kier alpha value is -2.27. The van der Waals surface area contributed by atoms with Crippen LogP contribution in [0.5, 0.6) is 0 Å². The van der Waals surface area contributed by atoms with Crippen molar-refractivity contribution >= 4 is 16.0 Å². The number of H-pyrrole nitrogens is 1. The molecule has 0 aliphatic rings. The van der Waals surface area contributed by atoms with Crippen LogP contribution in [-0.4, -0.2) is 44.5 Å². The number of nitrogens with zero attached hydrogens (tertiary/aromatic N) is 4. The number of aromatic amines is 1. The highest BCUT2D eigenvalue weighted by molar-refractivity contribution is 7.89. The Balaban J connectivity index is 2.01. The van der Waals surface area contributed by atoms with Gasteiger partial charge in [-0.25, -0.2) is 22.8 Å². The molecule has 0 saturated carbocycles. The molecule has 11 heteroatoms. The highest BCUT2D eigenvalue weighted by Crippen LogP contribution is 2.05. The summed E-state index contributed by atoms with van der Waals surface area (Å²) in [6, 6.07) is 0. The molecular weight excluding hydrogens is 288 g/mol. The second-order valence-electron chi connectivity index (χ2n) is 3.96. The van der Waals surface area contributed by atoms with Crippen molar-refractivity contribution in [3.8, 4) is 0 Å². The minimum Gasteiger partial charge on any atom is -0.480 e. The maximum Gasteiger partial charge on any atom is 0.325 e. The first kappa shape index (κ1) is 14.1. The maximum absolute atomic E-state index is 11.9. The van der Waals surface area contributed by atoms with Crippen molar-refractivity contribution in [2.45, 2.75) is 25.0 Å². The van der Waals surface area contributed by atoms with Crippen molar-refractivity contribution in [2.24, 2.45) is 0 Å². The SMILES string of the molecule is Cc1ncc(S(=O)(=O)NCc2cn(CC(=O)O)nn2)[nH]1. The lowest BCUT2D eigenvalue weighted by atomic mass is 10.5. The van der Waals surface area contributed by atoms with Crippen LogP contribution in [-0.2, 0) is 27.9 Å². The van der Waals surface area contributed by atoms with Gasteiger partial charge in [0.25, 0.3) is 10.0 Å². The molecule has 0 radical (unpaired) electrons. The van der Waals surface area contributed by atoms with Gasteiger partial charge in [0.15, 0.2) is 5.03 Å². The molecule has 0 saturated heterocycles. The molecule has 0 aliphatic carbocycles. The number of carboxylic acids is 1. The molecule has 2 heterocycles. The molecule has 0 spiro atoms. The molecule has 0 aromatic carbocycles. The number of aryl methyl sites for hydroxylation is 1. The Kier molecular flexibility index (Phi) is 3.81. The Morgan fingerprint density at radius 2 is 2.30 bits per heavy atom. The van der Waals surface area contributed by atoms with E-state index in [2.05, 4.69) is 25.0 Å². The molecule has 0 aliphatic heterocycles. The summed E-state index contributed by atoms with van der Waals surface area (Å²) in [5.74, 6) is -0.576. The number of aromatic nitrogens is 5. The van der Waals surface area contributed by atoms with Gasteiger partial charge in [-0.05, 0) is 6.92 Å². The minimum absolute atomic E-state index is 0.0482. The van der Waals surface area contributed by atoms with Gasteiger partial charge in [-0.3, -0.25) is 4.79 Å². The molecule has 0 unspecified atom stereocenters. The number of nitrogens with one attached hydrogen (secondary N) is 2. The van der Waals surface area contributed by atoms with Crippen molar-refractivity contribution in [3.63, 3.8) is 0 Å². The van der Waals surface area contributed by atoms with E-state index < -0.39 is 16.0 Å². The number of hydrogen-bond acceptors (Lipinski definition) is 6. The van der Waals surface area contributed by atoms with Crippen LogP contribution in [0.4, 0.5) is 0 Å². The van der Waals surface area contributed by atoms with Gasteiger partial charge in [0, 0.05) is 0 Å². The van der Waals surface area contributed by atoms with Crippen LogP contribution >= 0.6 is 0 Å². The third-order valence-electron chi connectivity index (χ3n) is 2.30. The van der Waals surface area contributed by atoms with Gasteiger partial charge < -0.3 is 10.1 Å². The van der Waals surface area contributed by atoms with E-state index >= 15 is 0 Å². The maximum atomic E-state index is 11.9. The highest BCUT2D eigenvalue weighted by atomic mass is 32.2. The van der Waals surface area contributed by atoms with Crippen LogP contribution in [0, 0.1) is 6.92 Å². The summed E-state index contributed by atoms with van der Waals surface area (Å²) in [5, 5.41) is 15.8. The van der Waals surface area contributed by atoms with Crippen LogP contribution < -0.4 is 4.72 Å². The molecule has 108 valence electrons. The summed E-state index contributed by atoms with van der Waals surface area (Å²) in [4.78, 5) is 16.9. The fourth-order valence-electron chi connectivity index (χ4n) is 1.42. The zero-order valence-electron chi connectivity index (χ0n) is 10.4. The van der Waals surface area contributed by atoms with E-state index in [1.54, 1.807) is 6.92 Å². The Morgan fingerprint density at radius 3 is 2.90 bits per heavy atom. The Bertz CT molecular complexity index is 718. The second-order valence-corrected chi connectivity index (χ2v) is 5.69. The molecule has 10 nitrogen and oxygen atoms in total. The zero-order valence-corrected chi connectivity index (χ0v) is 11.3. The number of carbonyl (C=O) groups is 1. The fraction of sp³-hybridized carbons (Fsp3) is 0.333. The molecule has 2 aromatic rings. The standard InChI is InChI=1S/C9H12N6O4S/c1-6-10-3-8(12-6)20(18,19)11-2-7-4-15(14-13-7)5-9(16)17/h3-4,11H,2,5H2,1H3,(H,10,12)(H,16,17). The Morgan fingerprint density at radius 1 is 1.55 bits per heavy atom. The molecule has 0 atom stereocenters. The van der Waals surface area contributed by atoms with Gasteiger partial charge in [-0.1, -0.05) is 5.21 Å². The van der Waals surface area contributed by atoms with Gasteiger partial charge in [0.1, 0.15) is 12.4 Å². The van der Waals surface area contributed by atoms with Crippen LogP contribution in [0.3, 0.4) is 0 Å². The van der Waals surface area contributed by atoms with E-state index in [-0.39, 0.29) is 18.1 Å². The van der Waals surface area contributed by atoms with Crippen molar-refractivity contribution in [3.05, 3.63) is 23.9 Å². The number of hydrogen-bond donors (Lipinski definition) is 3. The lowest BCUT2D eigenvalue weighted by molar-refractivity contribution is -0.137. The van der Waals surface area contributed by atoms with Crippen molar-refractivity contribution in [1.82, 2.24) is 29.7 Å². The minimum atomic E-state index is -3.71. The van der Waals surface area contributed by atoms with Gasteiger partial charge >= 0.3 is 5.97 Å². The topological polar surface area (TPSA) is 143 Å². The summed E-state index contributed by atoms with van der Waals surface area (Å²) in [6.45, 7) is 1.20. The van der Waals surface area contributed by atoms with Crippen molar-refractivity contribution in [1.29, 1.82) is 0 Å². The summed E-state index contributed by atoms with van der Waals surface area (Å²) in [6.07, 6.45) is 2.56. The summed E-state index contributed by atoms with van der Waals surface area (Å²) >= 11 is 0. The molecule has 2 aromatic heterocycles. The fourth-order valence-corrected chi connectivity index (χ4v) is 2.38. The highest BCUT2D eigenvalue weighted by Gasteiger charge is 2.17. The predicted octanol–water partition coefficient (Wildman–Crippen LogP) is -1.13. The number of rotatable bonds is 6. The number of imidazole rings is 1. The average Bonchev–Trinajstić information content (AvgIpc) is 2.95. The lowest BCUT2D eigenvalue weighted by Gasteiger charge is -2.01. The van der Waals surface area contributed by atoms with E-state index in [9.17, 15) is 13.2 Å². The zero-order chi connectivity index (χ0) is 14.8. The average molecular weight is 300 g/mol. The van der Waals surface area contributed by atoms with Crippen LogP contribution in [0.2, 0.25) is 0 Å². The van der Waals surface area contributed by atoms with Gasteiger partial charge in [0.05, 0.1) is 24.6 Å². The van der Waals surface area contributed by atoms with E-state index in [4.69, 9.17) is 5.11 Å². The third-order valence-corrected chi connectivity index (χ3v) is 3.61. The first-order valence-electron chi connectivity index (χ1n) is 5.49. The number of sulfonamides is 1. The van der Waals surface area contributed by atoms with Gasteiger partial charge in [0.2, 0.25) is 0 Å². The van der Waals surface area contributed by atoms with Crippen LogP contribution in [0.15, 0.2) is 17.4 Å². The van der Waals surface area contributed by atoms with Gasteiger partial charge in [-0.2, -0.15) is 0 Å². The number of aliphatic carboxylic acids is 1. The molecule has 0 fully saturated rings. The van der Waals surface area contributed by atoms with Crippen molar-refractivity contribution < 1.29 is 18.3 Å². The number of carboxylic acid groups (broad SMARTS) is 1. The molecule has 2 rings (SSSR count). The van der Waals surface area contributed by atoms with Gasteiger partial charge in [-0.15, -0.1) is 5.10 Å². The van der Waals surface area contributed by atoms with E-state index in [1.165, 1.54) is 12.4 Å². The molecule has 0 amide bonds. The quantitative estimate of drug-likeness (QED) is 0.612. The first-order chi connectivity index (χ1) is 9.37. The van der Waals surface area contributed by atoms with Crippen LogP contribution in [0.1, 0.15) is 11.5 Å². The largest absolute Gasteiger partial charge is 0.480 e. The Labute approximate surface area is 113 Å². The normalized spacial score (nSPS) is 11.7. The molecular formula is C9H12N6O4S. The third kappa shape index (κ3) is 3.39. The summed E-state index contributed by atoms with van der Waals surface area (Å²) < 4.78 is 27.2. The van der Waals surface area contributed by atoms with Crippen LogP contribution in [0.25, 0.3) is 0 Å². The van der Waals surface area contributed by atoms with E-state index in [1.807, 2.05) is 0 Å². The summed E-state index contributed by atoms with van der Waals surface area (Å²) in [7, 11) is -3.71. The lowest BCUT2D eigenvalue weighted by Crippen LogP contribution is -2.23. The summed E-state index contributed by atoms with van der Waals surface area (Å²) in [5.41, 5.74) is 0.311. The first-order valence-corrected chi connectivity index (χ1v) is 6.97. The van der Waals surface area contributed by atoms with E-state index in [0.29, 0.717) is 11.5 Å². The molecule has 3 N–H and O–H groups in total. The molecule has 20 heavy (non-hydrogen) atoms. The monoisotopic (exact) mass is 300 g/mol. The smallest absolute Gasteiger partial charge is 0.325 e. The van der Waals surface area contributed by atoms with Crippen molar-refractivity contribution in [2.75, 3.05) is 0 Å². The molecule has 0 bridgehead atoms. The second kappa shape index (κ2) is 5.38.